The van der Waals surface area contributed by atoms with Gasteiger partial charge >= 0.3 is 0 Å². The molecule has 0 saturated heterocycles. The van der Waals surface area contributed by atoms with Crippen LogP contribution in [0.15, 0.2) is 12.1 Å². The van der Waals surface area contributed by atoms with Crippen molar-refractivity contribution in [2.45, 2.75) is 12.8 Å². The van der Waals surface area contributed by atoms with Crippen LogP contribution in [0.2, 0.25) is 10.0 Å². The maximum Gasteiger partial charge on any atom is 0.164 e. The van der Waals surface area contributed by atoms with Gasteiger partial charge < -0.3 is 10.5 Å². The van der Waals surface area contributed by atoms with Gasteiger partial charge in [0, 0.05) is 18.1 Å². The minimum absolute atomic E-state index is 0.0556. The molecule has 0 unspecified atom stereocenters. The van der Waals surface area contributed by atoms with E-state index in [0.29, 0.717) is 40.7 Å². The predicted octanol–water partition coefficient (Wildman–Crippen LogP) is 2.92. The second kappa shape index (κ2) is 6.09. The highest BCUT2D eigenvalue weighted by Crippen LogP contribution is 2.31. The van der Waals surface area contributed by atoms with Gasteiger partial charge in [0.1, 0.15) is 5.75 Å². The maximum absolute atomic E-state index is 11.7. The fourth-order valence-corrected chi connectivity index (χ4v) is 1.80. The molecule has 0 bridgehead atoms. The molecule has 1 aromatic rings. The first kappa shape index (κ1) is 13.3. The van der Waals surface area contributed by atoms with Crippen molar-refractivity contribution >= 4 is 29.0 Å². The molecule has 2 N–H and O–H groups in total. The summed E-state index contributed by atoms with van der Waals surface area (Å²) in [6.07, 6.45) is 1.01. The highest BCUT2D eigenvalue weighted by Gasteiger charge is 2.13. The standard InChI is InChI=1S/C11H13Cl2NO2/c1-16-11-6-8(12)7(5-9(11)13)10(15)3-2-4-14/h5-6H,2-4,14H2,1H3. The van der Waals surface area contributed by atoms with Gasteiger partial charge in [-0.15, -0.1) is 0 Å². The van der Waals surface area contributed by atoms with Crippen molar-refractivity contribution < 1.29 is 9.53 Å². The predicted molar refractivity (Wildman–Crippen MR) is 65.6 cm³/mol. The van der Waals surface area contributed by atoms with Crippen LogP contribution in [0.3, 0.4) is 0 Å². The van der Waals surface area contributed by atoms with Crippen LogP contribution in [-0.2, 0) is 0 Å². The quantitative estimate of drug-likeness (QED) is 0.830. The SMILES string of the molecule is COc1cc(Cl)c(C(=O)CCCN)cc1Cl. The summed E-state index contributed by atoms with van der Waals surface area (Å²) in [5, 5.41) is 0.728. The smallest absolute Gasteiger partial charge is 0.164 e. The van der Waals surface area contributed by atoms with Crippen molar-refractivity contribution in [1.29, 1.82) is 0 Å². The van der Waals surface area contributed by atoms with E-state index in [-0.39, 0.29) is 5.78 Å². The number of rotatable bonds is 5. The largest absolute Gasteiger partial charge is 0.495 e. The number of methoxy groups -OCH3 is 1. The van der Waals surface area contributed by atoms with Crippen molar-refractivity contribution in [3.63, 3.8) is 0 Å². The van der Waals surface area contributed by atoms with Gasteiger partial charge in [-0.25, -0.2) is 0 Å². The normalized spacial score (nSPS) is 10.2. The summed E-state index contributed by atoms with van der Waals surface area (Å²) in [6, 6.07) is 3.07. The lowest BCUT2D eigenvalue weighted by molar-refractivity contribution is 0.0981. The molecule has 3 nitrogen and oxygen atoms in total. The van der Waals surface area contributed by atoms with E-state index in [2.05, 4.69) is 0 Å². The van der Waals surface area contributed by atoms with Crippen LogP contribution in [0.1, 0.15) is 23.2 Å². The topological polar surface area (TPSA) is 52.3 Å². The highest BCUT2D eigenvalue weighted by molar-refractivity contribution is 6.36. The van der Waals surface area contributed by atoms with Crippen LogP contribution in [0, 0.1) is 0 Å². The summed E-state index contributed by atoms with van der Waals surface area (Å²) < 4.78 is 4.99. The maximum atomic E-state index is 11.7. The van der Waals surface area contributed by atoms with Crippen LogP contribution in [0.5, 0.6) is 5.75 Å². The van der Waals surface area contributed by atoms with E-state index in [4.69, 9.17) is 33.7 Å². The van der Waals surface area contributed by atoms with Gasteiger partial charge in [-0.3, -0.25) is 4.79 Å². The van der Waals surface area contributed by atoms with Crippen molar-refractivity contribution in [1.82, 2.24) is 0 Å². The Balaban J connectivity index is 2.97. The lowest BCUT2D eigenvalue weighted by atomic mass is 10.1. The van der Waals surface area contributed by atoms with Gasteiger partial charge in [-0.05, 0) is 19.0 Å². The number of halogens is 2. The molecule has 0 fully saturated rings. The number of benzene rings is 1. The third-order valence-corrected chi connectivity index (χ3v) is 2.76. The van der Waals surface area contributed by atoms with Gasteiger partial charge in [0.2, 0.25) is 0 Å². The first-order valence-electron chi connectivity index (χ1n) is 4.86. The van der Waals surface area contributed by atoms with E-state index in [1.54, 1.807) is 6.07 Å². The van der Waals surface area contributed by atoms with Gasteiger partial charge in [0.25, 0.3) is 0 Å². The molecule has 0 heterocycles. The Morgan fingerprint density at radius 3 is 2.62 bits per heavy atom. The molecule has 0 atom stereocenters. The van der Waals surface area contributed by atoms with Gasteiger partial charge in [-0.2, -0.15) is 0 Å². The molecule has 0 spiro atoms. The second-order valence-corrected chi connectivity index (χ2v) is 4.10. The molecular formula is C11H13Cl2NO2. The van der Waals surface area contributed by atoms with E-state index in [1.165, 1.54) is 13.2 Å². The molecule has 0 saturated carbocycles. The molecule has 0 radical (unpaired) electrons. The minimum atomic E-state index is -0.0556. The van der Waals surface area contributed by atoms with E-state index in [9.17, 15) is 4.79 Å². The van der Waals surface area contributed by atoms with Crippen molar-refractivity contribution in [3.8, 4) is 5.75 Å². The molecule has 1 rings (SSSR count). The Bertz CT molecular complexity index is 394. The Kier molecular flexibility index (Phi) is 5.06. The fraction of sp³-hybridized carbons (Fsp3) is 0.364. The second-order valence-electron chi connectivity index (χ2n) is 3.28. The van der Waals surface area contributed by atoms with Crippen LogP contribution in [0.4, 0.5) is 0 Å². The van der Waals surface area contributed by atoms with E-state index in [1.807, 2.05) is 0 Å². The molecule has 16 heavy (non-hydrogen) atoms. The minimum Gasteiger partial charge on any atom is -0.495 e. The summed E-state index contributed by atoms with van der Waals surface area (Å²) in [5.41, 5.74) is 5.75. The zero-order chi connectivity index (χ0) is 12.1. The Morgan fingerprint density at radius 2 is 2.06 bits per heavy atom. The number of ketones is 1. The number of hydrogen-bond donors (Lipinski definition) is 1. The van der Waals surface area contributed by atoms with E-state index >= 15 is 0 Å². The van der Waals surface area contributed by atoms with Gasteiger partial charge in [-0.1, -0.05) is 23.2 Å². The first-order valence-corrected chi connectivity index (χ1v) is 5.62. The Hall–Kier alpha value is -0.770. The molecular weight excluding hydrogens is 249 g/mol. The number of carbonyl (C=O) groups excluding carboxylic acids is 1. The molecule has 0 aliphatic rings. The van der Waals surface area contributed by atoms with Crippen LogP contribution < -0.4 is 10.5 Å². The third kappa shape index (κ3) is 3.11. The molecule has 1 aromatic carbocycles. The fourth-order valence-electron chi connectivity index (χ4n) is 1.30. The molecule has 0 amide bonds. The van der Waals surface area contributed by atoms with Crippen molar-refractivity contribution in [2.75, 3.05) is 13.7 Å². The number of carbonyl (C=O) groups is 1. The molecule has 88 valence electrons. The Labute approximate surface area is 104 Å². The van der Waals surface area contributed by atoms with Gasteiger partial charge in [0.15, 0.2) is 5.78 Å². The number of ether oxygens (including phenoxy) is 1. The summed E-state index contributed by atoms with van der Waals surface area (Å²) >= 11 is 11.9. The van der Waals surface area contributed by atoms with Crippen LogP contribution in [-0.4, -0.2) is 19.4 Å². The Morgan fingerprint density at radius 1 is 1.38 bits per heavy atom. The zero-order valence-corrected chi connectivity index (χ0v) is 10.4. The molecule has 0 aromatic heterocycles. The lowest BCUT2D eigenvalue weighted by Gasteiger charge is -2.07. The summed E-state index contributed by atoms with van der Waals surface area (Å²) in [5.74, 6) is 0.405. The third-order valence-electron chi connectivity index (χ3n) is 2.15. The lowest BCUT2D eigenvalue weighted by Crippen LogP contribution is -2.05. The average Bonchev–Trinajstić information content (AvgIpc) is 2.28. The number of nitrogens with two attached hydrogens (primary N) is 1. The summed E-state index contributed by atoms with van der Waals surface area (Å²) in [7, 11) is 1.49. The summed E-state index contributed by atoms with van der Waals surface area (Å²) in [6.45, 7) is 0.479. The number of Topliss-reactive ketones (excluding diaryl/α,β-unsaturated/α-hetero) is 1. The van der Waals surface area contributed by atoms with E-state index in [0.717, 1.165) is 0 Å². The zero-order valence-electron chi connectivity index (χ0n) is 8.93. The highest BCUT2D eigenvalue weighted by atomic mass is 35.5. The van der Waals surface area contributed by atoms with Crippen LogP contribution in [0.25, 0.3) is 0 Å². The van der Waals surface area contributed by atoms with E-state index < -0.39 is 0 Å². The monoisotopic (exact) mass is 261 g/mol. The van der Waals surface area contributed by atoms with Crippen molar-refractivity contribution in [3.05, 3.63) is 27.7 Å². The van der Waals surface area contributed by atoms with Crippen molar-refractivity contribution in [2.24, 2.45) is 5.73 Å². The van der Waals surface area contributed by atoms with Gasteiger partial charge in [0.05, 0.1) is 17.2 Å². The average molecular weight is 262 g/mol. The molecule has 0 aliphatic carbocycles. The molecule has 0 aliphatic heterocycles. The summed E-state index contributed by atoms with van der Waals surface area (Å²) in [4.78, 5) is 11.7. The first-order chi connectivity index (χ1) is 7.60. The van der Waals surface area contributed by atoms with Crippen LogP contribution >= 0.6 is 23.2 Å². The number of hydrogen-bond acceptors (Lipinski definition) is 3. The molecule has 5 heteroatoms.